The third-order valence-corrected chi connectivity index (χ3v) is 5.29. The molecule has 1 aliphatic rings. The van der Waals surface area contributed by atoms with E-state index in [1.165, 1.54) is 5.56 Å². The van der Waals surface area contributed by atoms with Crippen molar-refractivity contribution in [2.75, 3.05) is 35.3 Å². The number of anilines is 3. The monoisotopic (exact) mass is 465 g/mol. The van der Waals surface area contributed by atoms with Gasteiger partial charge in [0.15, 0.2) is 6.61 Å². The van der Waals surface area contributed by atoms with Gasteiger partial charge in [0.1, 0.15) is 11.5 Å². The second-order valence-corrected chi connectivity index (χ2v) is 8.06. The molecule has 33 heavy (non-hydrogen) atoms. The molecule has 1 heterocycles. The van der Waals surface area contributed by atoms with Gasteiger partial charge in [0.2, 0.25) is 0 Å². The van der Waals surface area contributed by atoms with Crippen LogP contribution >= 0.6 is 11.6 Å². The molecule has 0 atom stereocenters. The Morgan fingerprint density at radius 1 is 1.06 bits per heavy atom. The van der Waals surface area contributed by atoms with Crippen LogP contribution in [0.25, 0.3) is 0 Å². The van der Waals surface area contributed by atoms with Gasteiger partial charge in [-0.25, -0.2) is 4.79 Å². The molecule has 4 rings (SSSR count). The first-order valence-electron chi connectivity index (χ1n) is 10.6. The molecule has 3 aromatic rings. The number of carbonyl (C=O) groups is 2. The van der Waals surface area contributed by atoms with Crippen LogP contribution in [0.3, 0.4) is 0 Å². The fourth-order valence-corrected chi connectivity index (χ4v) is 3.62. The SMILES string of the molecule is Cc1ccc(OCCCN2C(=O)COc3ccc(NC(=O)Nc4cccc(Cl)c4)cc32)cc1. The van der Waals surface area contributed by atoms with E-state index in [2.05, 4.69) is 10.6 Å². The summed E-state index contributed by atoms with van der Waals surface area (Å²) in [4.78, 5) is 26.6. The van der Waals surface area contributed by atoms with Gasteiger partial charge in [-0.1, -0.05) is 35.4 Å². The molecule has 3 aromatic carbocycles. The molecule has 7 nitrogen and oxygen atoms in total. The summed E-state index contributed by atoms with van der Waals surface area (Å²) < 4.78 is 11.3. The maximum atomic E-state index is 12.5. The van der Waals surface area contributed by atoms with E-state index in [9.17, 15) is 9.59 Å². The largest absolute Gasteiger partial charge is 0.494 e. The van der Waals surface area contributed by atoms with Crippen LogP contribution in [-0.2, 0) is 4.79 Å². The Bertz CT molecular complexity index is 1150. The van der Waals surface area contributed by atoms with Crippen molar-refractivity contribution < 1.29 is 19.1 Å². The normalized spacial score (nSPS) is 12.5. The summed E-state index contributed by atoms with van der Waals surface area (Å²) in [6, 6.07) is 19.5. The predicted octanol–water partition coefficient (Wildman–Crippen LogP) is 5.49. The fraction of sp³-hybridized carbons (Fsp3) is 0.200. The van der Waals surface area contributed by atoms with E-state index < -0.39 is 6.03 Å². The molecule has 0 aromatic heterocycles. The summed E-state index contributed by atoms with van der Waals surface area (Å²) >= 11 is 5.96. The van der Waals surface area contributed by atoms with Gasteiger partial charge >= 0.3 is 6.03 Å². The molecule has 0 saturated carbocycles. The first-order chi connectivity index (χ1) is 16.0. The number of urea groups is 1. The van der Waals surface area contributed by atoms with Gasteiger partial charge < -0.3 is 25.0 Å². The first-order valence-corrected chi connectivity index (χ1v) is 11.0. The standard InChI is InChI=1S/C25H24ClN3O4/c1-17-6-9-21(10-7-17)32-13-3-12-29-22-15-20(8-11-23(22)33-16-24(29)30)28-25(31)27-19-5-2-4-18(26)14-19/h2,4-11,14-15H,3,12-13,16H2,1H3,(H2,27,28,31). The number of aryl methyl sites for hydroxylation is 1. The highest BCUT2D eigenvalue weighted by Gasteiger charge is 2.25. The number of rotatable bonds is 7. The summed E-state index contributed by atoms with van der Waals surface area (Å²) in [5, 5.41) is 6.03. The molecule has 0 radical (unpaired) electrons. The molecule has 8 heteroatoms. The highest BCUT2D eigenvalue weighted by atomic mass is 35.5. The summed E-state index contributed by atoms with van der Waals surface area (Å²) in [7, 11) is 0. The van der Waals surface area contributed by atoms with E-state index in [4.69, 9.17) is 21.1 Å². The molecule has 0 saturated heterocycles. The number of nitrogens with zero attached hydrogens (tertiary/aromatic N) is 1. The summed E-state index contributed by atoms with van der Waals surface area (Å²) in [5.74, 6) is 1.25. The third-order valence-electron chi connectivity index (χ3n) is 5.06. The van der Waals surface area contributed by atoms with Crippen LogP contribution in [0.2, 0.25) is 5.02 Å². The van der Waals surface area contributed by atoms with Gasteiger partial charge in [-0.15, -0.1) is 0 Å². The van der Waals surface area contributed by atoms with Crippen molar-refractivity contribution >= 4 is 40.6 Å². The molecule has 170 valence electrons. The molecule has 3 amide bonds. The van der Waals surface area contributed by atoms with Crippen LogP contribution in [0.4, 0.5) is 21.9 Å². The maximum absolute atomic E-state index is 12.5. The number of hydrogen-bond acceptors (Lipinski definition) is 4. The number of halogens is 1. The second kappa shape index (κ2) is 10.3. The Kier molecular flexibility index (Phi) is 7.00. The van der Waals surface area contributed by atoms with Crippen LogP contribution in [0.5, 0.6) is 11.5 Å². The van der Waals surface area contributed by atoms with Crippen LogP contribution < -0.4 is 25.0 Å². The van der Waals surface area contributed by atoms with Crippen molar-refractivity contribution in [3.05, 3.63) is 77.3 Å². The highest BCUT2D eigenvalue weighted by Crippen LogP contribution is 2.34. The Hall–Kier alpha value is -3.71. The Morgan fingerprint density at radius 3 is 2.58 bits per heavy atom. The molecule has 2 N–H and O–H groups in total. The Labute approximate surface area is 197 Å². The Balaban J connectivity index is 1.38. The van der Waals surface area contributed by atoms with Gasteiger partial charge in [0.05, 0.1) is 12.3 Å². The summed E-state index contributed by atoms with van der Waals surface area (Å²) in [6.45, 7) is 2.95. The first kappa shape index (κ1) is 22.5. The number of carbonyl (C=O) groups excluding carboxylic acids is 2. The number of benzene rings is 3. The number of nitrogens with one attached hydrogen (secondary N) is 2. The van der Waals surface area contributed by atoms with E-state index in [0.717, 1.165) is 5.75 Å². The van der Waals surface area contributed by atoms with Crippen molar-refractivity contribution in [2.24, 2.45) is 0 Å². The molecule has 0 aliphatic carbocycles. The summed E-state index contributed by atoms with van der Waals surface area (Å²) in [5.41, 5.74) is 2.89. The number of fused-ring (bicyclic) bond motifs is 1. The lowest BCUT2D eigenvalue weighted by Crippen LogP contribution is -2.39. The summed E-state index contributed by atoms with van der Waals surface area (Å²) in [6.07, 6.45) is 0.645. The van der Waals surface area contributed by atoms with E-state index in [1.54, 1.807) is 47.4 Å². The lowest BCUT2D eigenvalue weighted by atomic mass is 10.2. The van der Waals surface area contributed by atoms with Gasteiger partial charge in [-0.05, 0) is 61.9 Å². The van der Waals surface area contributed by atoms with Crippen LogP contribution in [0, 0.1) is 6.92 Å². The zero-order chi connectivity index (χ0) is 23.2. The van der Waals surface area contributed by atoms with E-state index >= 15 is 0 Å². The molecular weight excluding hydrogens is 442 g/mol. The van der Waals surface area contributed by atoms with E-state index in [1.807, 2.05) is 31.2 Å². The minimum atomic E-state index is -0.418. The molecule has 0 unspecified atom stereocenters. The van der Waals surface area contributed by atoms with E-state index in [0.29, 0.717) is 47.4 Å². The third kappa shape index (κ3) is 5.96. The molecule has 0 spiro atoms. The van der Waals surface area contributed by atoms with Crippen molar-refractivity contribution in [2.45, 2.75) is 13.3 Å². The van der Waals surface area contributed by atoms with Gasteiger partial charge in [0, 0.05) is 22.9 Å². The number of ether oxygens (including phenoxy) is 2. The van der Waals surface area contributed by atoms with Crippen molar-refractivity contribution in [3.8, 4) is 11.5 Å². The van der Waals surface area contributed by atoms with Crippen molar-refractivity contribution in [1.82, 2.24) is 0 Å². The minimum absolute atomic E-state index is 0.0200. The number of hydrogen-bond donors (Lipinski definition) is 2. The highest BCUT2D eigenvalue weighted by molar-refractivity contribution is 6.30. The number of amides is 3. The van der Waals surface area contributed by atoms with Gasteiger partial charge in [0.25, 0.3) is 5.91 Å². The van der Waals surface area contributed by atoms with Gasteiger partial charge in [-0.3, -0.25) is 4.79 Å². The van der Waals surface area contributed by atoms with Crippen molar-refractivity contribution in [3.63, 3.8) is 0 Å². The smallest absolute Gasteiger partial charge is 0.323 e. The topological polar surface area (TPSA) is 79.9 Å². The van der Waals surface area contributed by atoms with Gasteiger partial charge in [-0.2, -0.15) is 0 Å². The zero-order valence-electron chi connectivity index (χ0n) is 18.1. The fourth-order valence-electron chi connectivity index (χ4n) is 3.43. The lowest BCUT2D eigenvalue weighted by molar-refractivity contribution is -0.121. The minimum Gasteiger partial charge on any atom is -0.494 e. The quantitative estimate of drug-likeness (QED) is 0.452. The molecule has 0 fully saturated rings. The lowest BCUT2D eigenvalue weighted by Gasteiger charge is -2.30. The average Bonchev–Trinajstić information content (AvgIpc) is 2.79. The predicted molar refractivity (Wildman–Crippen MR) is 130 cm³/mol. The average molecular weight is 466 g/mol. The Morgan fingerprint density at radius 2 is 1.82 bits per heavy atom. The zero-order valence-corrected chi connectivity index (χ0v) is 18.9. The molecular formula is C25H24ClN3O4. The van der Waals surface area contributed by atoms with Crippen LogP contribution in [0.15, 0.2) is 66.7 Å². The van der Waals surface area contributed by atoms with Crippen LogP contribution in [0.1, 0.15) is 12.0 Å². The maximum Gasteiger partial charge on any atom is 0.323 e. The van der Waals surface area contributed by atoms with E-state index in [-0.39, 0.29) is 12.5 Å². The second-order valence-electron chi connectivity index (χ2n) is 7.62. The van der Waals surface area contributed by atoms with Crippen molar-refractivity contribution in [1.29, 1.82) is 0 Å². The van der Waals surface area contributed by atoms with Crippen LogP contribution in [-0.4, -0.2) is 31.7 Å². The molecule has 1 aliphatic heterocycles. The molecule has 0 bridgehead atoms.